The predicted molar refractivity (Wildman–Crippen MR) is 80.2 cm³/mol. The summed E-state index contributed by atoms with van der Waals surface area (Å²) < 4.78 is 0. The standard InChI is InChI=1S/C14H16N2O2S/c1-9(8-19-2)16-13-10-5-3-4-6-12(10)15-7-11(13)14(17)18/h3-7,9H,8H2,1-2H3,(H,15,16)(H,17,18). The summed E-state index contributed by atoms with van der Waals surface area (Å²) in [5, 5.41) is 13.4. The molecule has 1 aromatic carbocycles. The molecule has 100 valence electrons. The number of hydrogen-bond acceptors (Lipinski definition) is 4. The van der Waals surface area contributed by atoms with E-state index in [-0.39, 0.29) is 11.6 Å². The summed E-state index contributed by atoms with van der Waals surface area (Å²) in [5.41, 5.74) is 1.66. The number of aromatic carboxylic acids is 1. The lowest BCUT2D eigenvalue weighted by atomic mass is 10.1. The number of nitrogens with one attached hydrogen (secondary N) is 1. The molecule has 2 aromatic rings. The highest BCUT2D eigenvalue weighted by Crippen LogP contribution is 2.26. The number of aromatic nitrogens is 1. The highest BCUT2D eigenvalue weighted by molar-refractivity contribution is 7.98. The zero-order valence-electron chi connectivity index (χ0n) is 10.9. The van der Waals surface area contributed by atoms with Crippen molar-refractivity contribution in [2.24, 2.45) is 0 Å². The van der Waals surface area contributed by atoms with Gasteiger partial charge in [-0.1, -0.05) is 18.2 Å². The molecule has 2 N–H and O–H groups in total. The molecule has 0 spiro atoms. The minimum absolute atomic E-state index is 0.193. The fraction of sp³-hybridized carbons (Fsp3) is 0.286. The molecular weight excluding hydrogens is 260 g/mol. The maximum absolute atomic E-state index is 11.3. The van der Waals surface area contributed by atoms with Gasteiger partial charge >= 0.3 is 5.97 Å². The van der Waals surface area contributed by atoms with Gasteiger partial charge in [-0.15, -0.1) is 0 Å². The Morgan fingerprint density at radius 3 is 2.89 bits per heavy atom. The number of benzene rings is 1. The van der Waals surface area contributed by atoms with Crippen molar-refractivity contribution in [1.29, 1.82) is 0 Å². The lowest BCUT2D eigenvalue weighted by Crippen LogP contribution is -2.20. The number of para-hydroxylation sites is 1. The number of hydrogen-bond donors (Lipinski definition) is 2. The quantitative estimate of drug-likeness (QED) is 0.878. The Labute approximate surface area is 116 Å². The summed E-state index contributed by atoms with van der Waals surface area (Å²) in [7, 11) is 0. The van der Waals surface area contributed by atoms with Crippen molar-refractivity contribution in [2.75, 3.05) is 17.3 Å². The topological polar surface area (TPSA) is 62.2 Å². The van der Waals surface area contributed by atoms with Crippen LogP contribution >= 0.6 is 11.8 Å². The SMILES string of the molecule is CSCC(C)Nc1c(C(=O)O)cnc2ccccc12. The zero-order valence-corrected chi connectivity index (χ0v) is 11.7. The molecule has 4 nitrogen and oxygen atoms in total. The second kappa shape index (κ2) is 5.93. The van der Waals surface area contributed by atoms with Gasteiger partial charge in [0.2, 0.25) is 0 Å². The van der Waals surface area contributed by atoms with Crippen LogP contribution in [0.15, 0.2) is 30.5 Å². The number of pyridine rings is 1. The van der Waals surface area contributed by atoms with Crippen LogP contribution in [0.3, 0.4) is 0 Å². The molecule has 1 atom stereocenters. The molecule has 0 saturated carbocycles. The summed E-state index contributed by atoms with van der Waals surface area (Å²) >= 11 is 1.72. The minimum atomic E-state index is -0.961. The molecule has 0 saturated heterocycles. The van der Waals surface area contributed by atoms with E-state index in [0.717, 1.165) is 16.7 Å². The number of anilines is 1. The number of carboxylic acids is 1. The van der Waals surface area contributed by atoms with Crippen LogP contribution in [0.5, 0.6) is 0 Å². The number of nitrogens with zero attached hydrogens (tertiary/aromatic N) is 1. The first kappa shape index (κ1) is 13.7. The van der Waals surface area contributed by atoms with E-state index in [2.05, 4.69) is 10.3 Å². The fourth-order valence-electron chi connectivity index (χ4n) is 2.00. The van der Waals surface area contributed by atoms with Gasteiger partial charge in [0.1, 0.15) is 5.56 Å². The summed E-state index contributed by atoms with van der Waals surface area (Å²) in [6, 6.07) is 7.75. The van der Waals surface area contributed by atoms with Crippen LogP contribution in [0.2, 0.25) is 0 Å². The van der Waals surface area contributed by atoms with Gasteiger partial charge in [-0.3, -0.25) is 4.98 Å². The highest BCUT2D eigenvalue weighted by atomic mass is 32.2. The molecule has 0 bridgehead atoms. The average Bonchev–Trinajstić information content (AvgIpc) is 2.39. The average molecular weight is 276 g/mol. The maximum Gasteiger partial charge on any atom is 0.339 e. The number of thioether (sulfide) groups is 1. The van der Waals surface area contributed by atoms with Crippen LogP contribution in [-0.4, -0.2) is 34.1 Å². The van der Waals surface area contributed by atoms with E-state index >= 15 is 0 Å². The van der Waals surface area contributed by atoms with Gasteiger partial charge in [0, 0.05) is 23.4 Å². The van der Waals surface area contributed by atoms with E-state index in [1.807, 2.05) is 37.4 Å². The first-order valence-corrected chi connectivity index (χ1v) is 7.39. The van der Waals surface area contributed by atoms with Gasteiger partial charge in [-0.05, 0) is 19.2 Å². The van der Waals surface area contributed by atoms with E-state index in [1.165, 1.54) is 6.20 Å². The Bertz CT molecular complexity index is 601. The van der Waals surface area contributed by atoms with Crippen LogP contribution in [0.25, 0.3) is 10.9 Å². The Hall–Kier alpha value is -1.75. The van der Waals surface area contributed by atoms with Gasteiger partial charge in [0.05, 0.1) is 11.2 Å². The van der Waals surface area contributed by atoms with E-state index in [4.69, 9.17) is 0 Å². The Kier molecular flexibility index (Phi) is 4.27. The van der Waals surface area contributed by atoms with Gasteiger partial charge in [0.15, 0.2) is 0 Å². The number of carboxylic acid groups (broad SMARTS) is 1. The van der Waals surface area contributed by atoms with Crippen LogP contribution in [-0.2, 0) is 0 Å². The second-order valence-corrected chi connectivity index (χ2v) is 5.28. The monoisotopic (exact) mass is 276 g/mol. The van der Waals surface area contributed by atoms with E-state index in [9.17, 15) is 9.90 Å². The molecule has 0 radical (unpaired) electrons. The van der Waals surface area contributed by atoms with Gasteiger partial charge in [0.25, 0.3) is 0 Å². The Balaban J connectivity index is 2.52. The third-order valence-corrected chi connectivity index (χ3v) is 3.65. The van der Waals surface area contributed by atoms with Crippen molar-refractivity contribution in [3.63, 3.8) is 0 Å². The second-order valence-electron chi connectivity index (χ2n) is 4.37. The van der Waals surface area contributed by atoms with E-state index in [0.29, 0.717) is 5.69 Å². The Morgan fingerprint density at radius 2 is 2.21 bits per heavy atom. The smallest absolute Gasteiger partial charge is 0.339 e. The van der Waals surface area contributed by atoms with Crippen molar-refractivity contribution in [1.82, 2.24) is 4.98 Å². The predicted octanol–water partition coefficient (Wildman–Crippen LogP) is 3.10. The summed E-state index contributed by atoms with van der Waals surface area (Å²) in [6.45, 7) is 2.04. The van der Waals surface area contributed by atoms with Gasteiger partial charge in [-0.2, -0.15) is 11.8 Å². The fourth-order valence-corrected chi connectivity index (χ4v) is 2.58. The molecule has 19 heavy (non-hydrogen) atoms. The van der Waals surface area contributed by atoms with Crippen LogP contribution in [0.4, 0.5) is 5.69 Å². The summed E-state index contributed by atoms with van der Waals surface area (Å²) in [5.74, 6) is -0.0486. The van der Waals surface area contributed by atoms with Crippen molar-refractivity contribution < 1.29 is 9.90 Å². The molecule has 2 rings (SSSR count). The van der Waals surface area contributed by atoms with Crippen molar-refractivity contribution in [2.45, 2.75) is 13.0 Å². The minimum Gasteiger partial charge on any atom is -0.478 e. The largest absolute Gasteiger partial charge is 0.478 e. The van der Waals surface area contributed by atoms with Gasteiger partial charge in [-0.25, -0.2) is 4.79 Å². The summed E-state index contributed by atoms with van der Waals surface area (Å²) in [4.78, 5) is 15.5. The van der Waals surface area contributed by atoms with E-state index < -0.39 is 5.97 Å². The lowest BCUT2D eigenvalue weighted by molar-refractivity contribution is 0.0697. The van der Waals surface area contributed by atoms with Crippen LogP contribution < -0.4 is 5.32 Å². The van der Waals surface area contributed by atoms with E-state index in [1.54, 1.807) is 11.8 Å². The number of rotatable bonds is 5. The first-order valence-electron chi connectivity index (χ1n) is 6.00. The molecule has 1 unspecified atom stereocenters. The molecule has 0 fully saturated rings. The number of carbonyl (C=O) groups is 1. The van der Waals surface area contributed by atoms with Crippen molar-refractivity contribution >= 4 is 34.3 Å². The first-order chi connectivity index (χ1) is 9.13. The van der Waals surface area contributed by atoms with Crippen molar-refractivity contribution in [3.05, 3.63) is 36.0 Å². The third-order valence-electron chi connectivity index (χ3n) is 2.81. The lowest BCUT2D eigenvalue weighted by Gasteiger charge is -2.17. The normalized spacial score (nSPS) is 12.3. The molecule has 0 aliphatic heterocycles. The third kappa shape index (κ3) is 2.98. The molecule has 0 amide bonds. The van der Waals surface area contributed by atoms with Crippen LogP contribution in [0, 0.1) is 0 Å². The van der Waals surface area contributed by atoms with Crippen molar-refractivity contribution in [3.8, 4) is 0 Å². The molecule has 1 heterocycles. The summed E-state index contributed by atoms with van der Waals surface area (Å²) in [6.07, 6.45) is 3.44. The molecular formula is C14H16N2O2S. The molecule has 1 aromatic heterocycles. The molecule has 0 aliphatic rings. The maximum atomic E-state index is 11.3. The Morgan fingerprint density at radius 1 is 1.47 bits per heavy atom. The number of fused-ring (bicyclic) bond motifs is 1. The molecule has 5 heteroatoms. The van der Waals surface area contributed by atoms with Crippen LogP contribution in [0.1, 0.15) is 17.3 Å². The van der Waals surface area contributed by atoms with Gasteiger partial charge < -0.3 is 10.4 Å². The highest BCUT2D eigenvalue weighted by Gasteiger charge is 2.15. The molecule has 0 aliphatic carbocycles. The zero-order chi connectivity index (χ0) is 13.8.